The summed E-state index contributed by atoms with van der Waals surface area (Å²) in [7, 11) is -0.696. The van der Waals surface area contributed by atoms with Gasteiger partial charge in [-0.2, -0.15) is 0 Å². The lowest BCUT2D eigenvalue weighted by molar-refractivity contribution is 0.481. The largest absolute Gasteiger partial charge is 0.323 e. The summed E-state index contributed by atoms with van der Waals surface area (Å²) in [6.07, 6.45) is 3.56. The number of hydrogen-bond donors (Lipinski definition) is 0. The molecule has 2 heteroatoms. The second-order valence-electron chi connectivity index (χ2n) is 3.10. The van der Waals surface area contributed by atoms with Crippen molar-refractivity contribution in [3.05, 3.63) is 11.8 Å². The molecule has 0 rings (SSSR count). The monoisotopic (exact) mass is 185 g/mol. The summed E-state index contributed by atoms with van der Waals surface area (Å²) in [4.78, 5) is 0. The van der Waals surface area contributed by atoms with Crippen LogP contribution >= 0.6 is 0 Å². The van der Waals surface area contributed by atoms with E-state index in [1.165, 1.54) is 25.6 Å². The zero-order valence-electron chi connectivity index (χ0n) is 9.01. The van der Waals surface area contributed by atoms with Crippen LogP contribution in [0.25, 0.3) is 0 Å². The maximum atomic E-state index is 2.64. The Morgan fingerprint density at radius 2 is 1.75 bits per heavy atom. The molecule has 0 aliphatic carbocycles. The fraction of sp³-hybridized carbons (Fsp3) is 0.800. The van der Waals surface area contributed by atoms with E-state index in [-0.39, 0.29) is 0 Å². The summed E-state index contributed by atoms with van der Waals surface area (Å²) in [6, 6.07) is 1.42. The van der Waals surface area contributed by atoms with Gasteiger partial charge in [0.25, 0.3) is 0 Å². The third-order valence-electron chi connectivity index (χ3n) is 2.28. The van der Waals surface area contributed by atoms with Crippen molar-refractivity contribution in [1.82, 2.24) is 4.57 Å². The van der Waals surface area contributed by atoms with Gasteiger partial charge >= 0.3 is 0 Å². The van der Waals surface area contributed by atoms with Gasteiger partial charge in [0.05, 0.1) is 0 Å². The van der Waals surface area contributed by atoms with E-state index in [1.807, 2.05) is 0 Å². The minimum atomic E-state index is -0.696. The average Bonchev–Trinajstić information content (AvgIpc) is 2.07. The van der Waals surface area contributed by atoms with E-state index in [0.29, 0.717) is 0 Å². The minimum absolute atomic E-state index is 0.696. The highest BCUT2D eigenvalue weighted by molar-refractivity contribution is 6.61. The Balaban J connectivity index is 4.04. The molecule has 0 amide bonds. The fourth-order valence-corrected chi connectivity index (χ4v) is 4.39. The van der Waals surface area contributed by atoms with Crippen LogP contribution in [0, 0.1) is 0 Å². The van der Waals surface area contributed by atoms with Crippen LogP contribution in [0.1, 0.15) is 34.1 Å². The maximum absolute atomic E-state index is 2.64. The lowest BCUT2D eigenvalue weighted by atomic mass is 10.6. The van der Waals surface area contributed by atoms with Crippen LogP contribution < -0.4 is 0 Å². The summed E-state index contributed by atoms with van der Waals surface area (Å²) in [5, 5.41) is 0. The first-order chi connectivity index (χ1) is 5.79. The molecule has 0 bridgehead atoms. The van der Waals surface area contributed by atoms with E-state index in [4.69, 9.17) is 0 Å². The summed E-state index contributed by atoms with van der Waals surface area (Å²) in [6.45, 7) is 11.4. The molecule has 12 heavy (non-hydrogen) atoms. The van der Waals surface area contributed by atoms with Gasteiger partial charge in [-0.25, -0.2) is 0 Å². The van der Waals surface area contributed by atoms with Crippen LogP contribution in [0.4, 0.5) is 0 Å². The number of hydrogen-bond acceptors (Lipinski definition) is 1. The Kier molecular flexibility index (Phi) is 7.51. The van der Waals surface area contributed by atoms with Crippen molar-refractivity contribution < 1.29 is 0 Å². The van der Waals surface area contributed by atoms with Crippen molar-refractivity contribution in [1.29, 1.82) is 0 Å². The lowest BCUT2D eigenvalue weighted by Gasteiger charge is -2.25. The average molecular weight is 185 g/mol. The Morgan fingerprint density at radius 3 is 2.08 bits per heavy atom. The van der Waals surface area contributed by atoms with Crippen LogP contribution in [0.15, 0.2) is 11.8 Å². The van der Waals surface area contributed by atoms with E-state index < -0.39 is 8.96 Å². The molecule has 0 heterocycles. The fourth-order valence-electron chi connectivity index (χ4n) is 1.61. The summed E-state index contributed by atoms with van der Waals surface area (Å²) < 4.78 is 2.64. The first kappa shape index (κ1) is 11.9. The van der Waals surface area contributed by atoms with Gasteiger partial charge in [0.15, 0.2) is 0 Å². The van der Waals surface area contributed by atoms with Gasteiger partial charge in [-0.1, -0.05) is 39.0 Å². The number of allylic oxidation sites excluding steroid dienone is 1. The molecule has 0 saturated heterocycles. The van der Waals surface area contributed by atoms with E-state index in [9.17, 15) is 0 Å². The number of nitrogens with zero attached hydrogens (tertiary/aromatic N) is 1. The van der Waals surface area contributed by atoms with Gasteiger partial charge in [-0.15, -0.1) is 0 Å². The molecule has 0 aromatic rings. The highest BCUT2D eigenvalue weighted by Crippen LogP contribution is 2.04. The second-order valence-corrected chi connectivity index (χ2v) is 5.93. The smallest absolute Gasteiger partial charge is 0.136 e. The molecule has 0 aromatic heterocycles. The molecule has 72 valence electrons. The molecular formula is C10H23NSi. The third kappa shape index (κ3) is 4.07. The predicted octanol–water partition coefficient (Wildman–Crippen LogP) is 2.58. The van der Waals surface area contributed by atoms with Gasteiger partial charge in [-0.3, -0.25) is 0 Å². The first-order valence-electron chi connectivity index (χ1n) is 5.16. The molecule has 0 saturated carbocycles. The minimum Gasteiger partial charge on any atom is -0.323 e. The molecule has 0 aromatic carbocycles. The quantitative estimate of drug-likeness (QED) is 0.575. The van der Waals surface area contributed by atoms with Gasteiger partial charge in [0, 0.05) is 0 Å². The highest BCUT2D eigenvalue weighted by atomic mass is 28.3. The van der Waals surface area contributed by atoms with Crippen molar-refractivity contribution in [2.24, 2.45) is 0 Å². The van der Waals surface area contributed by atoms with Crippen LogP contribution in [0.5, 0.6) is 0 Å². The zero-order valence-corrected chi connectivity index (χ0v) is 10.2. The Morgan fingerprint density at radius 1 is 1.17 bits per heavy atom. The normalized spacial score (nSPS) is 14.4. The van der Waals surface area contributed by atoms with Gasteiger partial charge in [0.2, 0.25) is 0 Å². The summed E-state index contributed by atoms with van der Waals surface area (Å²) in [5.41, 5.74) is 2.45. The summed E-state index contributed by atoms with van der Waals surface area (Å²) >= 11 is 0. The van der Waals surface area contributed by atoms with E-state index in [2.05, 4.69) is 44.0 Å². The Labute approximate surface area is 79.2 Å². The van der Waals surface area contributed by atoms with Crippen molar-refractivity contribution in [3.8, 4) is 0 Å². The van der Waals surface area contributed by atoms with Crippen LogP contribution in [-0.2, 0) is 0 Å². The molecule has 1 unspecified atom stereocenters. The molecule has 0 aliphatic rings. The van der Waals surface area contributed by atoms with Gasteiger partial charge < -0.3 is 4.57 Å². The predicted molar refractivity (Wildman–Crippen MR) is 60.0 cm³/mol. The van der Waals surface area contributed by atoms with Crippen LogP contribution in [0.2, 0.25) is 6.04 Å². The SMILES string of the molecule is CC=C[SiH](CCC)N(CC)CC. The topological polar surface area (TPSA) is 3.24 Å². The molecule has 0 aliphatic heterocycles. The third-order valence-corrected chi connectivity index (χ3v) is 5.95. The molecule has 0 fully saturated rings. The molecule has 1 nitrogen and oxygen atoms in total. The molecule has 1 atom stereocenters. The van der Waals surface area contributed by atoms with Crippen molar-refractivity contribution in [2.75, 3.05) is 13.1 Å². The Hall–Kier alpha value is -0.0831. The lowest BCUT2D eigenvalue weighted by Crippen LogP contribution is -2.37. The standard InChI is InChI=1S/C10H23NSi/c1-5-9-12(10-6-2)11(7-3)8-4/h5,9,12H,6-8,10H2,1-4H3. The number of rotatable bonds is 6. The highest BCUT2D eigenvalue weighted by Gasteiger charge is 2.12. The second kappa shape index (κ2) is 7.56. The van der Waals surface area contributed by atoms with Crippen molar-refractivity contribution >= 4 is 8.96 Å². The first-order valence-corrected chi connectivity index (χ1v) is 7.16. The molecular weight excluding hydrogens is 162 g/mol. The van der Waals surface area contributed by atoms with E-state index >= 15 is 0 Å². The van der Waals surface area contributed by atoms with Crippen molar-refractivity contribution in [2.45, 2.75) is 40.2 Å². The molecule has 0 spiro atoms. The molecule has 0 radical (unpaired) electrons. The Bertz CT molecular complexity index is 119. The maximum Gasteiger partial charge on any atom is 0.136 e. The van der Waals surface area contributed by atoms with Crippen molar-refractivity contribution in [3.63, 3.8) is 0 Å². The van der Waals surface area contributed by atoms with E-state index in [1.54, 1.807) is 0 Å². The van der Waals surface area contributed by atoms with Crippen LogP contribution in [0.3, 0.4) is 0 Å². The van der Waals surface area contributed by atoms with Gasteiger partial charge in [0.1, 0.15) is 8.96 Å². The summed E-state index contributed by atoms with van der Waals surface area (Å²) in [5.74, 6) is 0. The van der Waals surface area contributed by atoms with Crippen LogP contribution in [-0.4, -0.2) is 26.6 Å². The van der Waals surface area contributed by atoms with E-state index in [0.717, 1.165) is 0 Å². The zero-order chi connectivity index (χ0) is 9.40. The molecule has 0 N–H and O–H groups in total. The van der Waals surface area contributed by atoms with Gasteiger partial charge in [-0.05, 0) is 26.1 Å².